The maximum atomic E-state index is 13.3. The molecular weight excluding hydrogens is 247 g/mol. The van der Waals surface area contributed by atoms with Gasteiger partial charge in [-0.1, -0.05) is 6.07 Å². The summed E-state index contributed by atoms with van der Waals surface area (Å²) in [5.74, 6) is 0.951. The monoisotopic (exact) mass is 260 g/mol. The zero-order chi connectivity index (χ0) is 13.2. The highest BCUT2D eigenvalue weighted by Gasteiger charge is 2.13. The molecule has 0 saturated carbocycles. The Balaban J connectivity index is 2.06. The Bertz CT molecular complexity index is 610. The van der Waals surface area contributed by atoms with Gasteiger partial charge < -0.3 is 14.6 Å². The number of benzene rings is 2. The second-order valence-corrected chi connectivity index (χ2v) is 4.37. The van der Waals surface area contributed by atoms with Crippen LogP contribution in [-0.2, 0) is 0 Å². The molecule has 0 saturated heterocycles. The predicted octanol–water partition coefficient (Wildman–Crippen LogP) is 3.36. The summed E-state index contributed by atoms with van der Waals surface area (Å²) in [6, 6.07) is 9.18. The number of rotatable bonds is 1. The molecule has 0 atom stereocenters. The minimum Gasteiger partial charge on any atom is -0.507 e. The molecule has 0 unspecified atom stereocenters. The van der Waals surface area contributed by atoms with Crippen LogP contribution in [-0.4, -0.2) is 18.3 Å². The third-order valence-electron chi connectivity index (χ3n) is 3.02. The van der Waals surface area contributed by atoms with Crippen molar-refractivity contribution in [3.05, 3.63) is 42.2 Å². The van der Waals surface area contributed by atoms with Crippen LogP contribution in [0.3, 0.4) is 0 Å². The van der Waals surface area contributed by atoms with E-state index >= 15 is 0 Å². The molecule has 1 aliphatic heterocycles. The molecule has 0 spiro atoms. The van der Waals surface area contributed by atoms with Gasteiger partial charge in [-0.2, -0.15) is 0 Å². The second kappa shape index (κ2) is 4.80. The highest BCUT2D eigenvalue weighted by atomic mass is 19.1. The lowest BCUT2D eigenvalue weighted by Crippen LogP contribution is -1.97. The Morgan fingerprint density at radius 3 is 2.58 bits per heavy atom. The van der Waals surface area contributed by atoms with Gasteiger partial charge in [0.2, 0.25) is 0 Å². The van der Waals surface area contributed by atoms with Crippen LogP contribution < -0.4 is 9.47 Å². The fourth-order valence-electron chi connectivity index (χ4n) is 2.07. The fourth-order valence-corrected chi connectivity index (χ4v) is 2.07. The van der Waals surface area contributed by atoms with E-state index in [1.165, 1.54) is 18.2 Å². The molecule has 0 bridgehead atoms. The van der Waals surface area contributed by atoms with Gasteiger partial charge in [-0.05, 0) is 35.9 Å². The van der Waals surface area contributed by atoms with E-state index in [0.717, 1.165) is 6.42 Å². The zero-order valence-corrected chi connectivity index (χ0v) is 10.2. The third kappa shape index (κ3) is 2.34. The molecule has 0 fully saturated rings. The van der Waals surface area contributed by atoms with E-state index in [2.05, 4.69) is 0 Å². The standard InChI is InChI=1S/C15H13FO3/c16-11-3-4-13(17)12(9-11)10-2-5-14-15(8-10)19-7-1-6-18-14/h2-5,8-9,17H,1,6-7H2. The first kappa shape index (κ1) is 11.8. The molecule has 0 aliphatic carbocycles. The van der Waals surface area contributed by atoms with Crippen molar-refractivity contribution in [2.45, 2.75) is 6.42 Å². The average Bonchev–Trinajstić information content (AvgIpc) is 2.66. The average molecular weight is 260 g/mol. The number of phenolic OH excluding ortho intramolecular Hbond substituents is 1. The van der Waals surface area contributed by atoms with Crippen LogP contribution in [0.1, 0.15) is 6.42 Å². The van der Waals surface area contributed by atoms with Gasteiger partial charge in [-0.15, -0.1) is 0 Å². The minimum atomic E-state index is -0.389. The molecule has 0 radical (unpaired) electrons. The normalized spacial score (nSPS) is 13.9. The molecule has 2 aromatic rings. The van der Waals surface area contributed by atoms with Crippen molar-refractivity contribution >= 4 is 0 Å². The molecule has 1 aliphatic rings. The molecule has 0 aromatic heterocycles. The van der Waals surface area contributed by atoms with Crippen LogP contribution in [0.2, 0.25) is 0 Å². The molecule has 19 heavy (non-hydrogen) atoms. The Morgan fingerprint density at radius 2 is 1.74 bits per heavy atom. The summed E-state index contributed by atoms with van der Waals surface area (Å²) in [5.41, 5.74) is 1.14. The van der Waals surface area contributed by atoms with Gasteiger partial charge in [0, 0.05) is 12.0 Å². The predicted molar refractivity (Wildman–Crippen MR) is 69.1 cm³/mol. The smallest absolute Gasteiger partial charge is 0.161 e. The fraction of sp³-hybridized carbons (Fsp3) is 0.200. The number of fused-ring (bicyclic) bond motifs is 1. The van der Waals surface area contributed by atoms with Crippen molar-refractivity contribution in [2.24, 2.45) is 0 Å². The van der Waals surface area contributed by atoms with Crippen molar-refractivity contribution in [1.82, 2.24) is 0 Å². The summed E-state index contributed by atoms with van der Waals surface area (Å²) in [6.07, 6.45) is 0.829. The maximum Gasteiger partial charge on any atom is 0.161 e. The van der Waals surface area contributed by atoms with E-state index in [1.807, 2.05) is 0 Å². The van der Waals surface area contributed by atoms with Crippen LogP contribution in [0.25, 0.3) is 11.1 Å². The van der Waals surface area contributed by atoms with Crippen LogP contribution in [0.5, 0.6) is 17.2 Å². The van der Waals surface area contributed by atoms with Gasteiger partial charge in [0.15, 0.2) is 11.5 Å². The lowest BCUT2D eigenvalue weighted by Gasteiger charge is -2.10. The first-order chi connectivity index (χ1) is 9.24. The van der Waals surface area contributed by atoms with Gasteiger partial charge in [0.05, 0.1) is 13.2 Å². The molecule has 2 aromatic carbocycles. The number of halogens is 1. The zero-order valence-electron chi connectivity index (χ0n) is 10.2. The van der Waals surface area contributed by atoms with E-state index in [-0.39, 0.29) is 11.6 Å². The molecule has 1 heterocycles. The number of aromatic hydroxyl groups is 1. The van der Waals surface area contributed by atoms with Crippen molar-refractivity contribution in [2.75, 3.05) is 13.2 Å². The summed E-state index contributed by atoms with van der Waals surface area (Å²) >= 11 is 0. The number of phenols is 1. The largest absolute Gasteiger partial charge is 0.507 e. The number of ether oxygens (including phenoxy) is 2. The van der Waals surface area contributed by atoms with Gasteiger partial charge in [0.25, 0.3) is 0 Å². The Morgan fingerprint density at radius 1 is 0.947 bits per heavy atom. The summed E-state index contributed by atoms with van der Waals surface area (Å²) < 4.78 is 24.4. The Labute approximate surface area is 110 Å². The van der Waals surface area contributed by atoms with E-state index < -0.39 is 0 Å². The van der Waals surface area contributed by atoms with Gasteiger partial charge in [0.1, 0.15) is 11.6 Å². The lowest BCUT2D eigenvalue weighted by atomic mass is 10.0. The quantitative estimate of drug-likeness (QED) is 0.854. The molecule has 4 heteroatoms. The van der Waals surface area contributed by atoms with E-state index in [4.69, 9.17) is 9.47 Å². The molecular formula is C15H13FO3. The van der Waals surface area contributed by atoms with E-state index in [0.29, 0.717) is 35.8 Å². The van der Waals surface area contributed by atoms with Crippen molar-refractivity contribution in [1.29, 1.82) is 0 Å². The summed E-state index contributed by atoms with van der Waals surface area (Å²) in [4.78, 5) is 0. The van der Waals surface area contributed by atoms with Crippen LogP contribution >= 0.6 is 0 Å². The Kier molecular flexibility index (Phi) is 2.99. The van der Waals surface area contributed by atoms with E-state index in [9.17, 15) is 9.50 Å². The number of hydrogen-bond donors (Lipinski definition) is 1. The number of hydrogen-bond acceptors (Lipinski definition) is 3. The SMILES string of the molecule is Oc1ccc(F)cc1-c1ccc2c(c1)OCCCO2. The van der Waals surface area contributed by atoms with Crippen molar-refractivity contribution < 1.29 is 19.0 Å². The van der Waals surface area contributed by atoms with Gasteiger partial charge in [-0.25, -0.2) is 4.39 Å². The highest BCUT2D eigenvalue weighted by Crippen LogP contribution is 2.37. The summed E-state index contributed by atoms with van der Waals surface area (Å²) in [6.45, 7) is 1.21. The van der Waals surface area contributed by atoms with Crippen molar-refractivity contribution in [3.63, 3.8) is 0 Å². The molecule has 98 valence electrons. The Hall–Kier alpha value is -2.23. The van der Waals surface area contributed by atoms with Gasteiger partial charge in [-0.3, -0.25) is 0 Å². The maximum absolute atomic E-state index is 13.3. The van der Waals surface area contributed by atoms with E-state index in [1.54, 1.807) is 18.2 Å². The summed E-state index contributed by atoms with van der Waals surface area (Å²) in [7, 11) is 0. The first-order valence-electron chi connectivity index (χ1n) is 6.12. The van der Waals surface area contributed by atoms with Gasteiger partial charge >= 0.3 is 0 Å². The highest BCUT2D eigenvalue weighted by molar-refractivity contribution is 5.72. The molecule has 1 N–H and O–H groups in total. The first-order valence-corrected chi connectivity index (χ1v) is 6.12. The van der Waals surface area contributed by atoms with Crippen LogP contribution in [0, 0.1) is 5.82 Å². The van der Waals surface area contributed by atoms with Crippen molar-refractivity contribution in [3.8, 4) is 28.4 Å². The molecule has 3 rings (SSSR count). The third-order valence-corrected chi connectivity index (χ3v) is 3.02. The second-order valence-electron chi connectivity index (χ2n) is 4.37. The lowest BCUT2D eigenvalue weighted by molar-refractivity contribution is 0.297. The minimum absolute atomic E-state index is 0.0379. The molecule has 3 nitrogen and oxygen atoms in total. The van der Waals surface area contributed by atoms with Crippen LogP contribution in [0.15, 0.2) is 36.4 Å². The van der Waals surface area contributed by atoms with Crippen LogP contribution in [0.4, 0.5) is 4.39 Å². The topological polar surface area (TPSA) is 38.7 Å². The molecule has 0 amide bonds. The summed E-state index contributed by atoms with van der Waals surface area (Å²) in [5, 5.41) is 9.81.